The Morgan fingerprint density at radius 2 is 0.860 bits per heavy atom. The Morgan fingerprint density at radius 1 is 0.351 bits per heavy atom. The van der Waals surface area contributed by atoms with Gasteiger partial charge in [-0.25, -0.2) is 0 Å². The fourth-order valence-electron chi connectivity index (χ4n) is 10.9. The first kappa shape index (κ1) is 31.1. The highest BCUT2D eigenvalue weighted by atomic mass is 15.0. The third-order valence-corrected chi connectivity index (χ3v) is 13.2. The molecule has 2 heterocycles. The van der Waals surface area contributed by atoms with Crippen molar-refractivity contribution in [3.05, 3.63) is 193 Å². The van der Waals surface area contributed by atoms with Gasteiger partial charge in [0.2, 0.25) is 0 Å². The standard InChI is InChI=1S/C55H36N2/c1-55(2)45-24-11-8-19-42(45)49-50-43-20-9-12-25-46(43)56(34-15-4-3-5-16-34)53(50)54-51(52(49)55)44-21-10-13-26-47(44)57(54)35-29-27-33(28-30-35)36-31-32-41-38-18-7-6-17-37(38)40-23-14-22-39(36)48(40)41/h3-32H,1-2H3. The second-order valence-corrected chi connectivity index (χ2v) is 16.4. The van der Waals surface area contributed by atoms with Crippen LogP contribution in [0.1, 0.15) is 25.0 Å². The van der Waals surface area contributed by atoms with E-state index >= 15 is 0 Å². The summed E-state index contributed by atoms with van der Waals surface area (Å²) in [5.41, 5.74) is 20.4. The maximum atomic E-state index is 2.55. The first-order valence-electron chi connectivity index (χ1n) is 20.0. The summed E-state index contributed by atoms with van der Waals surface area (Å²) in [6.07, 6.45) is 0. The average molecular weight is 725 g/mol. The van der Waals surface area contributed by atoms with E-state index in [0.29, 0.717) is 0 Å². The summed E-state index contributed by atoms with van der Waals surface area (Å²) in [5.74, 6) is 0. The molecule has 2 heteroatoms. The van der Waals surface area contributed by atoms with Crippen molar-refractivity contribution in [1.29, 1.82) is 0 Å². The van der Waals surface area contributed by atoms with Crippen molar-refractivity contribution in [3.63, 3.8) is 0 Å². The molecule has 11 aromatic rings. The molecular weight excluding hydrogens is 689 g/mol. The summed E-state index contributed by atoms with van der Waals surface area (Å²) >= 11 is 0. The first-order valence-corrected chi connectivity index (χ1v) is 20.0. The SMILES string of the molecule is CC1(C)c2ccccc2-c2c1c1c3ccccc3n(-c3ccc(-c4ccc5c6c(cccc46)-c4ccccc4-5)cc3)c1c1c2c2ccccc2n1-c1ccccc1. The molecule has 0 radical (unpaired) electrons. The highest BCUT2D eigenvalue weighted by Crippen LogP contribution is 2.58. The molecule has 0 N–H and O–H groups in total. The van der Waals surface area contributed by atoms with Gasteiger partial charge in [0.05, 0.1) is 22.1 Å². The molecule has 0 fully saturated rings. The van der Waals surface area contributed by atoms with E-state index in [-0.39, 0.29) is 5.41 Å². The fraction of sp³-hybridized carbons (Fsp3) is 0.0545. The van der Waals surface area contributed by atoms with E-state index in [1.54, 1.807) is 0 Å². The molecule has 0 bridgehead atoms. The topological polar surface area (TPSA) is 9.86 Å². The smallest absolute Gasteiger partial charge is 0.0795 e. The molecule has 2 nitrogen and oxygen atoms in total. The van der Waals surface area contributed by atoms with Gasteiger partial charge in [-0.15, -0.1) is 0 Å². The molecule has 266 valence electrons. The minimum Gasteiger partial charge on any atom is -0.307 e. The molecule has 0 aliphatic heterocycles. The van der Waals surface area contributed by atoms with E-state index in [1.807, 2.05) is 0 Å². The van der Waals surface area contributed by atoms with Gasteiger partial charge in [0.25, 0.3) is 0 Å². The van der Waals surface area contributed by atoms with Crippen LogP contribution in [0.25, 0.3) is 110 Å². The molecule has 0 spiro atoms. The van der Waals surface area contributed by atoms with Crippen LogP contribution < -0.4 is 0 Å². The molecule has 9 aromatic carbocycles. The van der Waals surface area contributed by atoms with Crippen molar-refractivity contribution in [1.82, 2.24) is 9.13 Å². The van der Waals surface area contributed by atoms with Gasteiger partial charge < -0.3 is 9.13 Å². The molecule has 0 unspecified atom stereocenters. The second-order valence-electron chi connectivity index (χ2n) is 16.4. The molecule has 13 rings (SSSR count). The van der Waals surface area contributed by atoms with Gasteiger partial charge in [0, 0.05) is 38.3 Å². The van der Waals surface area contributed by atoms with Crippen LogP contribution in [-0.4, -0.2) is 9.13 Å². The Labute approximate surface area is 330 Å². The Balaban J connectivity index is 1.15. The van der Waals surface area contributed by atoms with Crippen LogP contribution in [0.3, 0.4) is 0 Å². The van der Waals surface area contributed by atoms with E-state index in [9.17, 15) is 0 Å². The third kappa shape index (κ3) is 3.90. The highest BCUT2D eigenvalue weighted by molar-refractivity contribution is 6.31. The summed E-state index contributed by atoms with van der Waals surface area (Å²) in [7, 11) is 0. The van der Waals surface area contributed by atoms with Crippen molar-refractivity contribution < 1.29 is 0 Å². The van der Waals surface area contributed by atoms with Crippen LogP contribution in [0, 0.1) is 0 Å². The quantitative estimate of drug-likeness (QED) is 0.172. The zero-order chi connectivity index (χ0) is 37.6. The Hall–Kier alpha value is -7.16. The third-order valence-electron chi connectivity index (χ3n) is 13.2. The Bertz CT molecular complexity index is 3490. The number of para-hydroxylation sites is 3. The zero-order valence-electron chi connectivity index (χ0n) is 31.7. The summed E-state index contributed by atoms with van der Waals surface area (Å²) in [5, 5.41) is 7.89. The van der Waals surface area contributed by atoms with E-state index in [2.05, 4.69) is 205 Å². The Kier molecular flexibility index (Phi) is 6.00. The van der Waals surface area contributed by atoms with Crippen LogP contribution in [-0.2, 0) is 5.41 Å². The predicted molar refractivity (Wildman–Crippen MR) is 240 cm³/mol. The highest BCUT2D eigenvalue weighted by Gasteiger charge is 2.41. The molecule has 0 amide bonds. The maximum absolute atomic E-state index is 2.55. The van der Waals surface area contributed by atoms with Crippen molar-refractivity contribution >= 4 is 54.4 Å². The van der Waals surface area contributed by atoms with Crippen molar-refractivity contribution in [2.75, 3.05) is 0 Å². The number of aromatic nitrogens is 2. The number of fused-ring (bicyclic) bond motifs is 15. The number of rotatable bonds is 3. The second kappa shape index (κ2) is 11.0. The first-order chi connectivity index (χ1) is 28.1. The summed E-state index contributed by atoms with van der Waals surface area (Å²) in [6.45, 7) is 4.85. The van der Waals surface area contributed by atoms with E-state index in [1.165, 1.54) is 110 Å². The van der Waals surface area contributed by atoms with Crippen LogP contribution in [0.15, 0.2) is 182 Å². The minimum atomic E-state index is -0.206. The van der Waals surface area contributed by atoms with Gasteiger partial charge in [0.1, 0.15) is 0 Å². The molecule has 57 heavy (non-hydrogen) atoms. The van der Waals surface area contributed by atoms with Gasteiger partial charge in [-0.3, -0.25) is 0 Å². The van der Waals surface area contributed by atoms with Crippen molar-refractivity contribution in [2.45, 2.75) is 19.3 Å². The maximum Gasteiger partial charge on any atom is 0.0795 e. The largest absolute Gasteiger partial charge is 0.307 e. The van der Waals surface area contributed by atoms with Crippen LogP contribution in [0.5, 0.6) is 0 Å². The molecule has 0 saturated carbocycles. The lowest BCUT2D eigenvalue weighted by molar-refractivity contribution is 0.667. The number of nitrogens with zero attached hydrogens (tertiary/aromatic N) is 2. The number of benzene rings is 9. The lowest BCUT2D eigenvalue weighted by Gasteiger charge is -2.23. The molecule has 2 aliphatic carbocycles. The molecule has 2 aliphatic rings. The van der Waals surface area contributed by atoms with E-state index < -0.39 is 0 Å². The molecule has 0 saturated heterocycles. The minimum absolute atomic E-state index is 0.206. The summed E-state index contributed by atoms with van der Waals surface area (Å²) < 4.78 is 5.08. The van der Waals surface area contributed by atoms with Crippen LogP contribution >= 0.6 is 0 Å². The number of hydrogen-bond donors (Lipinski definition) is 0. The predicted octanol–water partition coefficient (Wildman–Crippen LogP) is 14.7. The molecule has 2 aromatic heterocycles. The van der Waals surface area contributed by atoms with Crippen molar-refractivity contribution in [3.8, 4) is 55.9 Å². The van der Waals surface area contributed by atoms with Crippen LogP contribution in [0.4, 0.5) is 0 Å². The summed E-state index contributed by atoms with van der Waals surface area (Å²) in [4.78, 5) is 0. The normalized spacial score (nSPS) is 13.6. The van der Waals surface area contributed by atoms with Crippen molar-refractivity contribution in [2.24, 2.45) is 0 Å². The van der Waals surface area contributed by atoms with Gasteiger partial charge in [0.15, 0.2) is 0 Å². The van der Waals surface area contributed by atoms with Crippen LogP contribution in [0.2, 0.25) is 0 Å². The molecule has 0 atom stereocenters. The fourth-order valence-corrected chi connectivity index (χ4v) is 10.9. The monoisotopic (exact) mass is 724 g/mol. The summed E-state index contributed by atoms with van der Waals surface area (Å²) in [6, 6.07) is 67.7. The van der Waals surface area contributed by atoms with Gasteiger partial charge in [-0.1, -0.05) is 159 Å². The van der Waals surface area contributed by atoms with Gasteiger partial charge >= 0.3 is 0 Å². The van der Waals surface area contributed by atoms with E-state index in [4.69, 9.17) is 0 Å². The zero-order valence-corrected chi connectivity index (χ0v) is 31.7. The lowest BCUT2D eigenvalue weighted by Crippen LogP contribution is -2.15. The van der Waals surface area contributed by atoms with Gasteiger partial charge in [-0.05, 0) is 103 Å². The molecular formula is C55H36N2. The number of hydrogen-bond acceptors (Lipinski definition) is 0. The average Bonchev–Trinajstić information content (AvgIpc) is 3.96. The Morgan fingerprint density at radius 3 is 1.58 bits per heavy atom. The van der Waals surface area contributed by atoms with E-state index in [0.717, 1.165) is 11.4 Å². The lowest BCUT2D eigenvalue weighted by atomic mass is 9.80. The van der Waals surface area contributed by atoms with Gasteiger partial charge in [-0.2, -0.15) is 0 Å².